The van der Waals surface area contributed by atoms with Crippen LogP contribution >= 0.6 is 11.6 Å². The van der Waals surface area contributed by atoms with Crippen LogP contribution in [-0.4, -0.2) is 30.4 Å². The quantitative estimate of drug-likeness (QED) is 0.576. The van der Waals surface area contributed by atoms with E-state index in [-0.39, 0.29) is 11.8 Å². The van der Waals surface area contributed by atoms with E-state index in [4.69, 9.17) is 11.6 Å². The van der Waals surface area contributed by atoms with E-state index < -0.39 is 12.1 Å². The highest BCUT2D eigenvalue weighted by molar-refractivity contribution is 6.30. The summed E-state index contributed by atoms with van der Waals surface area (Å²) in [5, 5.41) is 8.84. The highest BCUT2D eigenvalue weighted by Gasteiger charge is 2.21. The van der Waals surface area contributed by atoms with E-state index >= 15 is 0 Å². The summed E-state index contributed by atoms with van der Waals surface area (Å²) in [5.41, 5.74) is 2.02. The third kappa shape index (κ3) is 6.46. The molecule has 31 heavy (non-hydrogen) atoms. The van der Waals surface area contributed by atoms with Gasteiger partial charge in [0.1, 0.15) is 6.04 Å². The highest BCUT2D eigenvalue weighted by atomic mass is 35.5. The normalized spacial score (nSPS) is 14.6. The van der Waals surface area contributed by atoms with Gasteiger partial charge < -0.3 is 20.9 Å². The van der Waals surface area contributed by atoms with Crippen LogP contribution in [0, 0.1) is 0 Å². The summed E-state index contributed by atoms with van der Waals surface area (Å²) in [7, 11) is 0. The maximum absolute atomic E-state index is 12.7. The molecule has 0 saturated carbocycles. The Morgan fingerprint density at radius 1 is 1.00 bits per heavy atom. The molecule has 0 radical (unpaired) electrons. The number of piperidine rings is 1. The molecule has 0 aliphatic carbocycles. The molecule has 2 aromatic rings. The van der Waals surface area contributed by atoms with Gasteiger partial charge in [-0.25, -0.2) is 4.79 Å². The number of benzene rings is 2. The molecule has 0 bridgehead atoms. The first kappa shape index (κ1) is 22.6. The van der Waals surface area contributed by atoms with Crippen molar-refractivity contribution in [1.82, 2.24) is 5.32 Å². The van der Waals surface area contributed by atoms with Crippen molar-refractivity contribution >= 4 is 46.5 Å². The summed E-state index contributed by atoms with van der Waals surface area (Å²) in [4.78, 5) is 38.9. The number of hydrogen-bond acceptors (Lipinski definition) is 3. The third-order valence-corrected chi connectivity index (χ3v) is 5.32. The number of amides is 4. The number of nitrogens with one attached hydrogen (secondary N) is 3. The van der Waals surface area contributed by atoms with Crippen LogP contribution in [0.1, 0.15) is 39.0 Å². The van der Waals surface area contributed by atoms with Gasteiger partial charge in [0.15, 0.2) is 0 Å². The molecule has 1 aliphatic rings. The monoisotopic (exact) mass is 442 g/mol. The molecule has 7 nitrogen and oxygen atoms in total. The highest BCUT2D eigenvalue weighted by Crippen LogP contribution is 2.23. The molecule has 0 unspecified atom stereocenters. The molecule has 0 spiro atoms. The summed E-state index contributed by atoms with van der Waals surface area (Å²) in [6.07, 6.45) is 3.73. The second-order valence-corrected chi connectivity index (χ2v) is 7.92. The van der Waals surface area contributed by atoms with E-state index in [0.29, 0.717) is 29.2 Å². The van der Waals surface area contributed by atoms with Gasteiger partial charge in [0.25, 0.3) is 0 Å². The lowest BCUT2D eigenvalue weighted by Crippen LogP contribution is -2.45. The SMILES string of the molecule is CCC[C@H](NC(=O)Nc1ccc(Cl)cc1)C(=O)Nc1ccc(N2CCCCC2=O)cc1. The number of anilines is 3. The van der Waals surface area contributed by atoms with Crippen molar-refractivity contribution in [3.63, 3.8) is 0 Å². The van der Waals surface area contributed by atoms with E-state index in [0.717, 1.165) is 31.5 Å². The van der Waals surface area contributed by atoms with Crippen molar-refractivity contribution in [3.05, 3.63) is 53.6 Å². The zero-order valence-corrected chi connectivity index (χ0v) is 18.2. The Morgan fingerprint density at radius 2 is 1.65 bits per heavy atom. The van der Waals surface area contributed by atoms with E-state index in [1.807, 2.05) is 19.1 Å². The third-order valence-electron chi connectivity index (χ3n) is 5.07. The minimum absolute atomic E-state index is 0.127. The zero-order chi connectivity index (χ0) is 22.2. The fourth-order valence-electron chi connectivity index (χ4n) is 3.45. The predicted octanol–water partition coefficient (Wildman–Crippen LogP) is 4.79. The second kappa shape index (κ2) is 10.8. The lowest BCUT2D eigenvalue weighted by atomic mass is 10.1. The molecule has 3 rings (SSSR count). The van der Waals surface area contributed by atoms with Gasteiger partial charge in [0.2, 0.25) is 11.8 Å². The summed E-state index contributed by atoms with van der Waals surface area (Å²) in [6, 6.07) is 12.8. The van der Waals surface area contributed by atoms with Crippen LogP contribution in [0.4, 0.5) is 21.9 Å². The first-order valence-electron chi connectivity index (χ1n) is 10.5. The van der Waals surface area contributed by atoms with Crippen molar-refractivity contribution in [2.75, 3.05) is 22.1 Å². The van der Waals surface area contributed by atoms with Crippen LogP contribution in [0.2, 0.25) is 5.02 Å². The topological polar surface area (TPSA) is 90.5 Å². The average Bonchev–Trinajstić information content (AvgIpc) is 2.76. The maximum Gasteiger partial charge on any atom is 0.319 e. The molecule has 1 fully saturated rings. The molecule has 1 atom stereocenters. The van der Waals surface area contributed by atoms with Gasteiger partial charge in [-0.2, -0.15) is 0 Å². The lowest BCUT2D eigenvalue weighted by Gasteiger charge is -2.27. The molecular formula is C23H27ClN4O3. The summed E-state index contributed by atoms with van der Waals surface area (Å²) in [5.74, 6) is -0.170. The maximum atomic E-state index is 12.7. The van der Waals surface area contributed by atoms with Gasteiger partial charge in [0, 0.05) is 35.1 Å². The number of hydrogen-bond donors (Lipinski definition) is 3. The van der Waals surface area contributed by atoms with Crippen molar-refractivity contribution in [1.29, 1.82) is 0 Å². The summed E-state index contributed by atoms with van der Waals surface area (Å²) >= 11 is 5.85. The zero-order valence-electron chi connectivity index (χ0n) is 17.5. The second-order valence-electron chi connectivity index (χ2n) is 7.49. The van der Waals surface area contributed by atoms with Crippen LogP contribution in [0.3, 0.4) is 0 Å². The Morgan fingerprint density at radius 3 is 2.29 bits per heavy atom. The number of halogens is 1. The molecule has 3 N–H and O–H groups in total. The number of carbonyl (C=O) groups excluding carboxylic acids is 3. The molecule has 0 aromatic heterocycles. The lowest BCUT2D eigenvalue weighted by molar-refractivity contribution is -0.119. The number of carbonyl (C=O) groups is 3. The molecule has 1 heterocycles. The number of rotatable bonds is 7. The van der Waals surface area contributed by atoms with Crippen molar-refractivity contribution in [2.24, 2.45) is 0 Å². The summed E-state index contributed by atoms with van der Waals surface area (Å²) in [6.45, 7) is 2.67. The minimum Gasteiger partial charge on any atom is -0.326 e. The van der Waals surface area contributed by atoms with Gasteiger partial charge >= 0.3 is 6.03 Å². The first-order chi connectivity index (χ1) is 15.0. The average molecular weight is 443 g/mol. The Kier molecular flexibility index (Phi) is 7.89. The van der Waals surface area contributed by atoms with Gasteiger partial charge in [-0.1, -0.05) is 24.9 Å². The molecule has 1 saturated heterocycles. The molecule has 1 aliphatic heterocycles. The predicted molar refractivity (Wildman–Crippen MR) is 124 cm³/mol. The minimum atomic E-state index is -0.680. The Bertz CT molecular complexity index is 915. The molecule has 164 valence electrons. The van der Waals surface area contributed by atoms with Gasteiger partial charge in [-0.3, -0.25) is 9.59 Å². The van der Waals surface area contributed by atoms with Gasteiger partial charge in [-0.05, 0) is 67.8 Å². The summed E-state index contributed by atoms with van der Waals surface area (Å²) < 4.78 is 0. The number of nitrogens with zero attached hydrogens (tertiary/aromatic N) is 1. The van der Waals surface area contributed by atoms with Crippen molar-refractivity contribution in [2.45, 2.75) is 45.1 Å². The van der Waals surface area contributed by atoms with Crippen LogP contribution in [0.15, 0.2) is 48.5 Å². The Labute approximate surface area is 187 Å². The first-order valence-corrected chi connectivity index (χ1v) is 10.9. The molecular weight excluding hydrogens is 416 g/mol. The van der Waals surface area contributed by atoms with Gasteiger partial charge in [-0.15, -0.1) is 0 Å². The molecule has 8 heteroatoms. The van der Waals surface area contributed by atoms with E-state index in [1.54, 1.807) is 41.3 Å². The smallest absolute Gasteiger partial charge is 0.319 e. The van der Waals surface area contributed by atoms with Gasteiger partial charge in [0.05, 0.1) is 0 Å². The van der Waals surface area contributed by atoms with Crippen molar-refractivity contribution < 1.29 is 14.4 Å². The van der Waals surface area contributed by atoms with Crippen LogP contribution in [-0.2, 0) is 9.59 Å². The van der Waals surface area contributed by atoms with E-state index in [2.05, 4.69) is 16.0 Å². The standard InChI is InChI=1S/C23H27ClN4O3/c1-2-5-20(27-23(31)26-18-9-7-16(24)8-10-18)22(30)25-17-11-13-19(14-12-17)28-15-4-3-6-21(28)29/h7-14,20H,2-6,15H2,1H3,(H,25,30)(H2,26,27,31)/t20-/m0/s1. The largest absolute Gasteiger partial charge is 0.326 e. The fourth-order valence-corrected chi connectivity index (χ4v) is 3.58. The van der Waals surface area contributed by atoms with E-state index in [1.165, 1.54) is 0 Å². The molecule has 2 aromatic carbocycles. The van der Waals surface area contributed by atoms with Crippen LogP contribution in [0.5, 0.6) is 0 Å². The van der Waals surface area contributed by atoms with Crippen molar-refractivity contribution in [3.8, 4) is 0 Å². The van der Waals surface area contributed by atoms with Crippen LogP contribution < -0.4 is 20.9 Å². The number of urea groups is 1. The fraction of sp³-hybridized carbons (Fsp3) is 0.348. The Balaban J connectivity index is 1.58. The van der Waals surface area contributed by atoms with E-state index in [9.17, 15) is 14.4 Å². The molecule has 4 amide bonds. The Hall–Kier alpha value is -3.06. The van der Waals surface area contributed by atoms with Crippen LogP contribution in [0.25, 0.3) is 0 Å².